The number of nitrogens with zero attached hydrogens (tertiary/aromatic N) is 1. The number of aromatic carboxylic acids is 1. The van der Waals surface area contributed by atoms with E-state index in [1.165, 1.54) is 0 Å². The third kappa shape index (κ3) is 2.72. The maximum absolute atomic E-state index is 12.2. The van der Waals surface area contributed by atoms with Crippen LogP contribution in [-0.4, -0.2) is 16.1 Å². The zero-order valence-electron chi connectivity index (χ0n) is 7.08. The number of nitrogens with two attached hydrogens (primary N) is 1. The van der Waals surface area contributed by atoms with Gasteiger partial charge in [0.2, 0.25) is 0 Å². The fourth-order valence-corrected chi connectivity index (χ4v) is 0.916. The number of aromatic nitrogens is 1. The van der Waals surface area contributed by atoms with Crippen LogP contribution in [-0.2, 0) is 6.18 Å². The topological polar surface area (TPSA) is 76.2 Å². The van der Waals surface area contributed by atoms with Crippen LogP contribution in [0.5, 0.6) is 0 Å². The average molecular weight is 243 g/mol. The van der Waals surface area contributed by atoms with Crippen molar-refractivity contribution in [2.75, 3.05) is 5.73 Å². The summed E-state index contributed by atoms with van der Waals surface area (Å²) in [6, 6.07) is 0.999. The van der Waals surface area contributed by atoms with Crippen LogP contribution in [0, 0.1) is 0 Å². The SMILES string of the molecule is Cl.Nc1ccnc(C(F)(F)F)c1C(=O)O. The summed E-state index contributed by atoms with van der Waals surface area (Å²) in [5.74, 6) is -1.75. The Kier molecular flexibility index (Phi) is 3.91. The lowest BCUT2D eigenvalue weighted by molar-refractivity contribution is -0.141. The molecule has 0 spiro atoms. The van der Waals surface area contributed by atoms with E-state index in [1.54, 1.807) is 0 Å². The summed E-state index contributed by atoms with van der Waals surface area (Å²) in [5, 5.41) is 8.49. The Bertz CT molecular complexity index is 381. The summed E-state index contributed by atoms with van der Waals surface area (Å²) >= 11 is 0. The van der Waals surface area contributed by atoms with Crippen molar-refractivity contribution < 1.29 is 23.1 Å². The van der Waals surface area contributed by atoms with Crippen LogP contribution in [0.2, 0.25) is 0 Å². The van der Waals surface area contributed by atoms with Gasteiger partial charge in [0.15, 0.2) is 5.69 Å². The number of hydrogen-bond donors (Lipinski definition) is 2. The minimum absolute atomic E-state index is 0. The molecule has 8 heteroatoms. The van der Waals surface area contributed by atoms with E-state index >= 15 is 0 Å². The molecule has 0 bridgehead atoms. The zero-order chi connectivity index (χ0) is 10.9. The highest BCUT2D eigenvalue weighted by Gasteiger charge is 2.38. The van der Waals surface area contributed by atoms with Gasteiger partial charge < -0.3 is 10.8 Å². The predicted octanol–water partition coefficient (Wildman–Crippen LogP) is 1.80. The molecule has 1 aromatic heterocycles. The fraction of sp³-hybridized carbons (Fsp3) is 0.143. The van der Waals surface area contributed by atoms with Gasteiger partial charge in [-0.05, 0) is 6.07 Å². The fourth-order valence-electron chi connectivity index (χ4n) is 0.916. The monoisotopic (exact) mass is 242 g/mol. The van der Waals surface area contributed by atoms with Crippen molar-refractivity contribution in [1.29, 1.82) is 0 Å². The summed E-state index contributed by atoms with van der Waals surface area (Å²) in [4.78, 5) is 13.4. The molecule has 0 aliphatic heterocycles. The molecule has 4 nitrogen and oxygen atoms in total. The molecule has 0 atom stereocenters. The number of carboxylic acid groups (broad SMARTS) is 1. The van der Waals surface area contributed by atoms with Crippen molar-refractivity contribution in [1.82, 2.24) is 4.98 Å². The van der Waals surface area contributed by atoms with Gasteiger partial charge >= 0.3 is 12.1 Å². The Morgan fingerprint density at radius 2 is 2.00 bits per heavy atom. The van der Waals surface area contributed by atoms with Crippen molar-refractivity contribution >= 4 is 24.1 Å². The van der Waals surface area contributed by atoms with Gasteiger partial charge in [-0.1, -0.05) is 0 Å². The van der Waals surface area contributed by atoms with Gasteiger partial charge in [-0.2, -0.15) is 13.2 Å². The number of pyridine rings is 1. The smallest absolute Gasteiger partial charge is 0.434 e. The lowest BCUT2D eigenvalue weighted by Crippen LogP contribution is -2.17. The van der Waals surface area contributed by atoms with Crippen LogP contribution in [0.1, 0.15) is 16.1 Å². The molecule has 0 saturated carbocycles. The number of hydrogen-bond acceptors (Lipinski definition) is 3. The number of anilines is 1. The van der Waals surface area contributed by atoms with Gasteiger partial charge in [0.25, 0.3) is 0 Å². The highest BCUT2D eigenvalue weighted by Crippen LogP contribution is 2.32. The van der Waals surface area contributed by atoms with Crippen molar-refractivity contribution in [2.45, 2.75) is 6.18 Å². The maximum Gasteiger partial charge on any atom is 0.434 e. The Balaban J connectivity index is 0.00000196. The van der Waals surface area contributed by atoms with E-state index in [0.29, 0.717) is 0 Å². The summed E-state index contributed by atoms with van der Waals surface area (Å²) in [6.45, 7) is 0. The molecule has 0 radical (unpaired) electrons. The first-order valence-corrected chi connectivity index (χ1v) is 3.39. The van der Waals surface area contributed by atoms with E-state index in [2.05, 4.69) is 4.98 Å². The largest absolute Gasteiger partial charge is 0.478 e. The van der Waals surface area contributed by atoms with Gasteiger partial charge in [0.1, 0.15) is 5.56 Å². The molecule has 1 heterocycles. The molecule has 0 aromatic carbocycles. The van der Waals surface area contributed by atoms with E-state index < -0.39 is 29.1 Å². The first-order chi connectivity index (χ1) is 6.34. The molecule has 0 aliphatic carbocycles. The molecule has 0 saturated heterocycles. The van der Waals surface area contributed by atoms with Gasteiger partial charge in [0.05, 0.1) is 0 Å². The minimum atomic E-state index is -4.82. The number of alkyl halides is 3. The number of carboxylic acids is 1. The van der Waals surface area contributed by atoms with Gasteiger partial charge in [0, 0.05) is 11.9 Å². The van der Waals surface area contributed by atoms with E-state index in [1.807, 2.05) is 0 Å². The van der Waals surface area contributed by atoms with Gasteiger partial charge in [-0.25, -0.2) is 4.79 Å². The average Bonchev–Trinajstić information content (AvgIpc) is 2.01. The first kappa shape index (κ1) is 13.5. The standard InChI is InChI=1S/C7H5F3N2O2.ClH/c8-7(9,10)5-4(6(13)14)3(11)1-2-12-5;/h1-2H,(H2,11,12)(H,13,14);1H. The molecular formula is C7H6ClF3N2O2. The molecular weight excluding hydrogens is 237 g/mol. The van der Waals surface area contributed by atoms with Crippen LogP contribution in [0.15, 0.2) is 12.3 Å². The van der Waals surface area contributed by atoms with E-state index in [4.69, 9.17) is 10.8 Å². The minimum Gasteiger partial charge on any atom is -0.478 e. The van der Waals surface area contributed by atoms with Gasteiger partial charge in [-0.15, -0.1) is 12.4 Å². The summed E-state index contributed by atoms with van der Waals surface area (Å²) in [5.41, 5.74) is 2.14. The Morgan fingerprint density at radius 3 is 2.33 bits per heavy atom. The Hall–Kier alpha value is -1.50. The van der Waals surface area contributed by atoms with Crippen molar-refractivity contribution in [3.05, 3.63) is 23.5 Å². The lowest BCUT2D eigenvalue weighted by atomic mass is 10.1. The molecule has 0 aliphatic rings. The van der Waals surface area contributed by atoms with Gasteiger partial charge in [-0.3, -0.25) is 4.98 Å². The molecule has 84 valence electrons. The second kappa shape index (κ2) is 4.35. The summed E-state index contributed by atoms with van der Waals surface area (Å²) < 4.78 is 36.6. The molecule has 0 fully saturated rings. The Morgan fingerprint density at radius 1 is 1.47 bits per heavy atom. The molecule has 3 N–H and O–H groups in total. The van der Waals surface area contributed by atoms with Crippen molar-refractivity contribution in [3.8, 4) is 0 Å². The van der Waals surface area contributed by atoms with E-state index in [9.17, 15) is 18.0 Å². The normalized spacial score (nSPS) is 10.6. The second-order valence-corrected chi connectivity index (χ2v) is 2.43. The third-order valence-electron chi connectivity index (χ3n) is 1.47. The summed E-state index contributed by atoms with van der Waals surface area (Å²) in [7, 11) is 0. The maximum atomic E-state index is 12.2. The number of rotatable bonds is 1. The molecule has 15 heavy (non-hydrogen) atoms. The number of nitrogen functional groups attached to an aromatic ring is 1. The second-order valence-electron chi connectivity index (χ2n) is 2.43. The van der Waals surface area contributed by atoms with Crippen LogP contribution in [0.25, 0.3) is 0 Å². The third-order valence-corrected chi connectivity index (χ3v) is 1.47. The zero-order valence-corrected chi connectivity index (χ0v) is 7.89. The van der Waals surface area contributed by atoms with Crippen molar-refractivity contribution in [2.24, 2.45) is 0 Å². The highest BCUT2D eigenvalue weighted by molar-refractivity contribution is 5.94. The highest BCUT2D eigenvalue weighted by atomic mass is 35.5. The van der Waals surface area contributed by atoms with E-state index in [-0.39, 0.29) is 12.4 Å². The van der Waals surface area contributed by atoms with E-state index in [0.717, 1.165) is 12.3 Å². The van der Waals surface area contributed by atoms with Crippen LogP contribution >= 0.6 is 12.4 Å². The van der Waals surface area contributed by atoms with Crippen LogP contribution in [0.4, 0.5) is 18.9 Å². The molecule has 0 unspecified atom stereocenters. The summed E-state index contributed by atoms with van der Waals surface area (Å²) in [6.07, 6.45) is -4.01. The molecule has 0 amide bonds. The number of halogens is 4. The predicted molar refractivity (Wildman–Crippen MR) is 47.9 cm³/mol. The van der Waals surface area contributed by atoms with Crippen molar-refractivity contribution in [3.63, 3.8) is 0 Å². The number of carbonyl (C=O) groups is 1. The Labute approximate surface area is 88.3 Å². The lowest BCUT2D eigenvalue weighted by Gasteiger charge is -2.09. The molecule has 1 rings (SSSR count). The quantitative estimate of drug-likeness (QED) is 0.787. The molecule has 1 aromatic rings. The van der Waals surface area contributed by atoms with Crippen LogP contribution in [0.3, 0.4) is 0 Å². The van der Waals surface area contributed by atoms with Crippen LogP contribution < -0.4 is 5.73 Å². The first-order valence-electron chi connectivity index (χ1n) is 3.39.